The molecule has 0 amide bonds. The van der Waals surface area contributed by atoms with Crippen molar-refractivity contribution in [1.29, 1.82) is 0 Å². The molecule has 0 radical (unpaired) electrons. The van der Waals surface area contributed by atoms with Crippen molar-refractivity contribution in [2.24, 2.45) is 16.8 Å². The summed E-state index contributed by atoms with van der Waals surface area (Å²) in [4.78, 5) is 12.4. The average molecular weight is 403 g/mol. The van der Waals surface area contributed by atoms with E-state index in [9.17, 15) is 13.2 Å². The maximum absolute atomic E-state index is 12.7. The fraction of sp³-hybridized carbons (Fsp3) is 0.789. The van der Waals surface area contributed by atoms with Crippen molar-refractivity contribution < 1.29 is 13.2 Å². The minimum atomic E-state index is -4.15. The largest absolute Gasteiger partial charge is 0.401 e. The van der Waals surface area contributed by atoms with Gasteiger partial charge in [0, 0.05) is 45.6 Å². The number of alkyl halides is 3. The predicted molar refractivity (Wildman–Crippen MR) is 105 cm³/mol. The minimum Gasteiger partial charge on any atom is -0.349 e. The Kier molecular flexibility index (Phi) is 8.15. The summed E-state index contributed by atoms with van der Waals surface area (Å²) in [7, 11) is 1.73. The number of hydrogen-bond acceptors (Lipinski definition) is 3. The summed E-state index contributed by atoms with van der Waals surface area (Å²) >= 11 is 0. The maximum Gasteiger partial charge on any atom is 0.401 e. The van der Waals surface area contributed by atoms with Crippen molar-refractivity contribution >= 4 is 5.96 Å². The van der Waals surface area contributed by atoms with Gasteiger partial charge in [0.25, 0.3) is 0 Å². The predicted octanol–water partition coefficient (Wildman–Crippen LogP) is 2.82. The van der Waals surface area contributed by atoms with Gasteiger partial charge < -0.3 is 14.8 Å². The number of aromatic nitrogens is 2. The lowest BCUT2D eigenvalue weighted by Crippen LogP contribution is -2.41. The molecule has 1 aromatic heterocycles. The lowest BCUT2D eigenvalue weighted by atomic mass is 10.1. The fourth-order valence-electron chi connectivity index (χ4n) is 3.66. The van der Waals surface area contributed by atoms with Crippen LogP contribution in [-0.2, 0) is 13.1 Å². The molecule has 9 heteroatoms. The molecule has 1 atom stereocenters. The highest BCUT2D eigenvalue weighted by Gasteiger charge is 2.33. The Bertz CT molecular complexity index is 625. The summed E-state index contributed by atoms with van der Waals surface area (Å²) in [6.07, 6.45) is 0.500. The van der Waals surface area contributed by atoms with E-state index >= 15 is 0 Å². The number of hydrogen-bond donors (Lipinski definition) is 1. The van der Waals surface area contributed by atoms with Gasteiger partial charge in [-0.25, -0.2) is 4.98 Å². The third-order valence-electron chi connectivity index (χ3n) is 4.93. The van der Waals surface area contributed by atoms with E-state index in [1.807, 2.05) is 6.20 Å². The first-order valence-electron chi connectivity index (χ1n) is 9.96. The molecule has 1 aliphatic heterocycles. The average Bonchev–Trinajstić information content (AvgIpc) is 3.23. The van der Waals surface area contributed by atoms with Crippen LogP contribution in [0.5, 0.6) is 0 Å². The molecule has 28 heavy (non-hydrogen) atoms. The van der Waals surface area contributed by atoms with Crippen LogP contribution in [0.1, 0.15) is 33.0 Å². The van der Waals surface area contributed by atoms with Crippen molar-refractivity contribution in [3.05, 3.63) is 18.2 Å². The van der Waals surface area contributed by atoms with Crippen LogP contribution >= 0.6 is 0 Å². The van der Waals surface area contributed by atoms with E-state index < -0.39 is 12.7 Å². The molecule has 1 unspecified atom stereocenters. The highest BCUT2D eigenvalue weighted by atomic mass is 19.4. The van der Waals surface area contributed by atoms with Gasteiger partial charge in [-0.1, -0.05) is 20.8 Å². The van der Waals surface area contributed by atoms with Gasteiger partial charge >= 0.3 is 6.18 Å². The van der Waals surface area contributed by atoms with Gasteiger partial charge in [-0.2, -0.15) is 13.2 Å². The Labute approximate surface area is 165 Å². The number of nitrogens with one attached hydrogen (secondary N) is 1. The van der Waals surface area contributed by atoms with E-state index in [2.05, 4.69) is 38.6 Å². The summed E-state index contributed by atoms with van der Waals surface area (Å²) in [5, 5.41) is 3.35. The van der Waals surface area contributed by atoms with Crippen molar-refractivity contribution in [1.82, 2.24) is 24.7 Å². The van der Waals surface area contributed by atoms with E-state index in [0.29, 0.717) is 32.1 Å². The second-order valence-electron chi connectivity index (χ2n) is 7.83. The highest BCUT2D eigenvalue weighted by molar-refractivity contribution is 5.80. The quantitative estimate of drug-likeness (QED) is 0.537. The van der Waals surface area contributed by atoms with Crippen molar-refractivity contribution in [2.45, 2.75) is 46.5 Å². The molecule has 0 aromatic carbocycles. The highest BCUT2D eigenvalue weighted by Crippen LogP contribution is 2.21. The molecule has 1 N–H and O–H groups in total. The molecule has 160 valence electrons. The summed E-state index contributed by atoms with van der Waals surface area (Å²) in [5.74, 6) is 2.47. The first-order valence-corrected chi connectivity index (χ1v) is 9.96. The van der Waals surface area contributed by atoms with Crippen LogP contribution in [0.2, 0.25) is 0 Å². The first-order chi connectivity index (χ1) is 13.2. The van der Waals surface area contributed by atoms with Gasteiger partial charge in [0.15, 0.2) is 5.96 Å². The standard InChI is InChI=1S/C19H33F3N6/c1-5-26(14-19(20,21)22)12-16-6-8-28(13-16)18(23-4)25-10-17-24-7-9-27(17)11-15(2)3/h7,9,15-16H,5-6,8,10-14H2,1-4H3,(H,23,25). The van der Waals surface area contributed by atoms with E-state index in [1.54, 1.807) is 20.2 Å². The summed E-state index contributed by atoms with van der Waals surface area (Å²) in [6, 6.07) is 0. The zero-order valence-electron chi connectivity index (χ0n) is 17.3. The third kappa shape index (κ3) is 7.00. The monoisotopic (exact) mass is 402 g/mol. The van der Waals surface area contributed by atoms with Gasteiger partial charge in [0.2, 0.25) is 0 Å². The molecule has 0 bridgehead atoms. The van der Waals surface area contributed by atoms with Crippen molar-refractivity contribution in [2.75, 3.05) is 39.8 Å². The van der Waals surface area contributed by atoms with Crippen molar-refractivity contribution in [3.63, 3.8) is 0 Å². The molecule has 2 rings (SSSR count). The molecule has 1 saturated heterocycles. The lowest BCUT2D eigenvalue weighted by Gasteiger charge is -2.26. The van der Waals surface area contributed by atoms with Gasteiger partial charge in [-0.3, -0.25) is 9.89 Å². The molecule has 0 aliphatic carbocycles. The van der Waals surface area contributed by atoms with Crippen LogP contribution in [0, 0.1) is 11.8 Å². The summed E-state index contributed by atoms with van der Waals surface area (Å²) in [5.41, 5.74) is 0. The zero-order chi connectivity index (χ0) is 20.7. The van der Waals surface area contributed by atoms with Crippen LogP contribution in [-0.4, -0.2) is 71.3 Å². The van der Waals surface area contributed by atoms with Gasteiger partial charge in [0.05, 0.1) is 13.1 Å². The Balaban J connectivity index is 1.86. The summed E-state index contributed by atoms with van der Waals surface area (Å²) in [6.45, 7) is 9.13. The molecule has 1 aromatic rings. The normalized spacial score (nSPS) is 18.5. The molecule has 0 spiro atoms. The Morgan fingerprint density at radius 3 is 2.79 bits per heavy atom. The topological polar surface area (TPSA) is 48.7 Å². The van der Waals surface area contributed by atoms with Gasteiger partial charge in [-0.05, 0) is 24.8 Å². The number of halogens is 3. The van der Waals surface area contributed by atoms with E-state index in [4.69, 9.17) is 0 Å². The lowest BCUT2D eigenvalue weighted by molar-refractivity contribution is -0.146. The van der Waals surface area contributed by atoms with E-state index in [1.165, 1.54) is 4.90 Å². The summed E-state index contributed by atoms with van der Waals surface area (Å²) < 4.78 is 40.2. The van der Waals surface area contributed by atoms with Crippen LogP contribution in [0.4, 0.5) is 13.2 Å². The zero-order valence-corrected chi connectivity index (χ0v) is 17.3. The first kappa shape index (κ1) is 22.5. The van der Waals surface area contributed by atoms with Crippen LogP contribution in [0.25, 0.3) is 0 Å². The van der Waals surface area contributed by atoms with Crippen LogP contribution < -0.4 is 5.32 Å². The Morgan fingerprint density at radius 2 is 2.18 bits per heavy atom. The number of guanidine groups is 1. The second kappa shape index (κ2) is 10.1. The Hall–Kier alpha value is -1.77. The molecule has 0 saturated carbocycles. The number of rotatable bonds is 8. The minimum absolute atomic E-state index is 0.212. The maximum atomic E-state index is 12.7. The number of aliphatic imine (C=N–C) groups is 1. The van der Waals surface area contributed by atoms with Crippen LogP contribution in [0.3, 0.4) is 0 Å². The van der Waals surface area contributed by atoms with Crippen molar-refractivity contribution in [3.8, 4) is 0 Å². The number of nitrogens with zero attached hydrogens (tertiary/aromatic N) is 5. The molecular formula is C19H33F3N6. The molecule has 2 heterocycles. The van der Waals surface area contributed by atoms with E-state index in [-0.39, 0.29) is 5.92 Å². The van der Waals surface area contributed by atoms with E-state index in [0.717, 1.165) is 31.3 Å². The number of imidazole rings is 1. The fourth-order valence-corrected chi connectivity index (χ4v) is 3.66. The molecule has 1 fully saturated rings. The molecule has 6 nitrogen and oxygen atoms in total. The number of likely N-dealkylation sites (tertiary alicyclic amines) is 1. The molecular weight excluding hydrogens is 369 g/mol. The van der Waals surface area contributed by atoms with Gasteiger partial charge in [-0.15, -0.1) is 0 Å². The van der Waals surface area contributed by atoms with Gasteiger partial charge in [0.1, 0.15) is 5.82 Å². The third-order valence-corrected chi connectivity index (χ3v) is 4.93. The van der Waals surface area contributed by atoms with Crippen LogP contribution in [0.15, 0.2) is 17.4 Å². The smallest absolute Gasteiger partial charge is 0.349 e. The second-order valence-corrected chi connectivity index (χ2v) is 7.83. The molecule has 1 aliphatic rings. The SMILES string of the molecule is CCN(CC1CCN(C(=NC)NCc2nccn2CC(C)C)C1)CC(F)(F)F. The Morgan fingerprint density at radius 1 is 1.43 bits per heavy atom.